The summed E-state index contributed by atoms with van der Waals surface area (Å²) >= 11 is 0. The van der Waals surface area contributed by atoms with Crippen molar-refractivity contribution in [2.75, 3.05) is 17.0 Å². The number of hydrogen-bond acceptors (Lipinski definition) is 6. The zero-order valence-electron chi connectivity index (χ0n) is 19.2. The van der Waals surface area contributed by atoms with Gasteiger partial charge in [-0.25, -0.2) is 8.42 Å². The van der Waals surface area contributed by atoms with Crippen LogP contribution >= 0.6 is 0 Å². The number of nitrogen functional groups attached to an aromatic ring is 1. The molecule has 8 nitrogen and oxygen atoms in total. The highest BCUT2D eigenvalue weighted by Crippen LogP contribution is 2.32. The molecule has 0 saturated heterocycles. The fraction of sp³-hybridized carbons (Fsp3) is 0.333. The minimum absolute atomic E-state index is 0.0105. The zero-order chi connectivity index (χ0) is 24.4. The van der Waals surface area contributed by atoms with Crippen LogP contribution in [0.15, 0.2) is 56.6 Å². The number of rotatable bonds is 7. The highest BCUT2D eigenvalue weighted by Gasteiger charge is 2.23. The number of nitrogens with two attached hydrogens (primary N) is 1. The van der Waals surface area contributed by atoms with E-state index in [9.17, 15) is 18.0 Å². The third-order valence-electron chi connectivity index (χ3n) is 5.15. The summed E-state index contributed by atoms with van der Waals surface area (Å²) in [6, 6.07) is 10.3. The molecule has 0 aliphatic carbocycles. The Morgan fingerprint density at radius 3 is 2.48 bits per heavy atom. The Hall–Kier alpha value is -3.33. The smallest absolute Gasteiger partial charge is 0.287 e. The van der Waals surface area contributed by atoms with Gasteiger partial charge < -0.3 is 15.5 Å². The quantitative estimate of drug-likeness (QED) is 0.352. The minimum atomic E-state index is -4.05. The summed E-state index contributed by atoms with van der Waals surface area (Å²) < 4.78 is 34.4. The van der Waals surface area contributed by atoms with Gasteiger partial charge >= 0.3 is 0 Å². The molecule has 3 aromatic rings. The number of carbonyl (C=O) groups excluding carboxylic acids is 1. The van der Waals surface area contributed by atoms with Gasteiger partial charge in [0.2, 0.25) is 0 Å². The number of fused-ring (bicyclic) bond motifs is 1. The summed E-state index contributed by atoms with van der Waals surface area (Å²) in [5.41, 5.74) is 6.01. The molecule has 0 unspecified atom stereocenters. The molecule has 0 bridgehead atoms. The van der Waals surface area contributed by atoms with Gasteiger partial charge in [0.05, 0.1) is 16.0 Å². The first-order chi connectivity index (χ1) is 15.4. The van der Waals surface area contributed by atoms with Crippen LogP contribution in [0.25, 0.3) is 11.0 Å². The van der Waals surface area contributed by atoms with Crippen LogP contribution in [-0.4, -0.2) is 20.9 Å². The Kier molecular flexibility index (Phi) is 6.83. The molecule has 9 heteroatoms. The van der Waals surface area contributed by atoms with Gasteiger partial charge in [-0.15, -0.1) is 0 Å². The SMILES string of the molecule is CCCCNC(=O)c1cc(=O)c2cc(C(C)(C)C)cc(NS(=O)(=O)c3cccc(N)c3)c2o1. The number of nitrogens with one attached hydrogen (secondary N) is 2. The molecular weight excluding hydrogens is 442 g/mol. The monoisotopic (exact) mass is 471 g/mol. The Morgan fingerprint density at radius 1 is 1.12 bits per heavy atom. The molecule has 0 atom stereocenters. The summed E-state index contributed by atoms with van der Waals surface area (Å²) in [6.07, 6.45) is 1.68. The van der Waals surface area contributed by atoms with E-state index in [4.69, 9.17) is 10.2 Å². The van der Waals surface area contributed by atoms with Gasteiger partial charge in [-0.1, -0.05) is 40.2 Å². The third kappa shape index (κ3) is 5.54. The van der Waals surface area contributed by atoms with Crippen molar-refractivity contribution in [2.24, 2.45) is 0 Å². The predicted molar refractivity (Wildman–Crippen MR) is 130 cm³/mol. The fourth-order valence-corrected chi connectivity index (χ4v) is 4.34. The number of benzene rings is 2. The van der Waals surface area contributed by atoms with E-state index in [0.29, 0.717) is 12.2 Å². The van der Waals surface area contributed by atoms with Crippen LogP contribution in [0.4, 0.5) is 11.4 Å². The minimum Gasteiger partial charge on any atom is -0.448 e. The molecule has 0 aliphatic heterocycles. The van der Waals surface area contributed by atoms with Crippen molar-refractivity contribution in [1.82, 2.24) is 5.32 Å². The van der Waals surface area contributed by atoms with Crippen LogP contribution < -0.4 is 21.2 Å². The number of amides is 1. The van der Waals surface area contributed by atoms with E-state index in [2.05, 4.69) is 10.0 Å². The van der Waals surface area contributed by atoms with E-state index in [1.807, 2.05) is 27.7 Å². The molecular formula is C24H29N3O5S. The van der Waals surface area contributed by atoms with Crippen molar-refractivity contribution in [3.63, 3.8) is 0 Å². The molecule has 0 radical (unpaired) electrons. The maximum atomic E-state index is 13.1. The lowest BCUT2D eigenvalue weighted by molar-refractivity contribution is 0.0926. The van der Waals surface area contributed by atoms with Crippen molar-refractivity contribution in [3.8, 4) is 0 Å². The van der Waals surface area contributed by atoms with E-state index >= 15 is 0 Å². The molecule has 0 fully saturated rings. The molecule has 176 valence electrons. The number of unbranched alkanes of at least 4 members (excludes halogenated alkanes) is 1. The Balaban J connectivity index is 2.18. The normalized spacial score (nSPS) is 12.0. The predicted octanol–water partition coefficient (Wildman–Crippen LogP) is 4.00. The summed E-state index contributed by atoms with van der Waals surface area (Å²) in [6.45, 7) is 8.27. The number of anilines is 2. The van der Waals surface area contributed by atoms with Crippen LogP contribution in [0.3, 0.4) is 0 Å². The summed E-state index contributed by atoms with van der Waals surface area (Å²) in [5, 5.41) is 2.88. The summed E-state index contributed by atoms with van der Waals surface area (Å²) in [7, 11) is -4.05. The Morgan fingerprint density at radius 2 is 1.85 bits per heavy atom. The zero-order valence-corrected chi connectivity index (χ0v) is 20.0. The van der Waals surface area contributed by atoms with Crippen molar-refractivity contribution in [2.45, 2.75) is 50.8 Å². The largest absolute Gasteiger partial charge is 0.448 e. The summed E-state index contributed by atoms with van der Waals surface area (Å²) in [5.74, 6) is -0.719. The molecule has 0 aliphatic rings. The lowest BCUT2D eigenvalue weighted by atomic mass is 9.86. The van der Waals surface area contributed by atoms with Gasteiger partial charge in [0.1, 0.15) is 0 Å². The lowest BCUT2D eigenvalue weighted by Gasteiger charge is -2.21. The molecule has 1 heterocycles. The van der Waals surface area contributed by atoms with Crippen LogP contribution in [0.5, 0.6) is 0 Å². The van der Waals surface area contributed by atoms with Crippen LogP contribution in [0.1, 0.15) is 56.7 Å². The first-order valence-corrected chi connectivity index (χ1v) is 12.2. The molecule has 3 rings (SSSR count). The second-order valence-corrected chi connectivity index (χ2v) is 10.6. The first-order valence-electron chi connectivity index (χ1n) is 10.7. The molecule has 2 aromatic carbocycles. The van der Waals surface area contributed by atoms with Gasteiger partial charge in [-0.05, 0) is 47.7 Å². The number of hydrogen-bond donors (Lipinski definition) is 3. The van der Waals surface area contributed by atoms with Crippen molar-refractivity contribution in [1.29, 1.82) is 0 Å². The van der Waals surface area contributed by atoms with Crippen molar-refractivity contribution >= 4 is 38.3 Å². The van der Waals surface area contributed by atoms with E-state index < -0.39 is 21.4 Å². The summed E-state index contributed by atoms with van der Waals surface area (Å²) in [4.78, 5) is 25.4. The molecule has 0 saturated carbocycles. The Labute approximate surface area is 193 Å². The second-order valence-electron chi connectivity index (χ2n) is 8.91. The van der Waals surface area contributed by atoms with Gasteiger partial charge in [-0.2, -0.15) is 0 Å². The van der Waals surface area contributed by atoms with Crippen LogP contribution in [0.2, 0.25) is 0 Å². The number of carbonyl (C=O) groups is 1. The standard InChI is InChI=1S/C24H29N3O5S/c1-5-6-10-26-23(29)21-14-20(28)18-11-15(24(2,3)4)12-19(22(18)32-21)27-33(30,31)17-9-7-8-16(25)13-17/h7-9,11-14,27H,5-6,10,25H2,1-4H3,(H,26,29). The maximum absolute atomic E-state index is 13.1. The van der Waals surface area contributed by atoms with Gasteiger partial charge in [0, 0.05) is 18.3 Å². The van der Waals surface area contributed by atoms with Crippen LogP contribution in [-0.2, 0) is 15.4 Å². The van der Waals surface area contributed by atoms with E-state index in [1.54, 1.807) is 18.2 Å². The third-order valence-corrected chi connectivity index (χ3v) is 6.51. The maximum Gasteiger partial charge on any atom is 0.287 e. The first kappa shape index (κ1) is 24.3. The average Bonchev–Trinajstić information content (AvgIpc) is 2.73. The van der Waals surface area contributed by atoms with Crippen molar-refractivity contribution in [3.05, 3.63) is 64.0 Å². The molecule has 1 amide bonds. The van der Waals surface area contributed by atoms with E-state index in [-0.39, 0.29) is 32.7 Å². The Bertz CT molecular complexity index is 1350. The number of sulfonamides is 1. The van der Waals surface area contributed by atoms with Gasteiger partial charge in [0.25, 0.3) is 15.9 Å². The molecule has 1 aromatic heterocycles. The van der Waals surface area contributed by atoms with Gasteiger partial charge in [0.15, 0.2) is 16.8 Å². The molecule has 33 heavy (non-hydrogen) atoms. The highest BCUT2D eigenvalue weighted by molar-refractivity contribution is 7.92. The fourth-order valence-electron chi connectivity index (χ4n) is 3.23. The van der Waals surface area contributed by atoms with Gasteiger partial charge in [-0.3, -0.25) is 14.3 Å². The van der Waals surface area contributed by atoms with E-state index in [1.165, 1.54) is 18.2 Å². The van der Waals surface area contributed by atoms with Crippen molar-refractivity contribution < 1.29 is 17.6 Å². The lowest BCUT2D eigenvalue weighted by Crippen LogP contribution is -2.25. The molecule has 0 spiro atoms. The topological polar surface area (TPSA) is 132 Å². The average molecular weight is 472 g/mol. The molecule has 4 N–H and O–H groups in total. The highest BCUT2D eigenvalue weighted by atomic mass is 32.2. The van der Waals surface area contributed by atoms with Crippen LogP contribution in [0, 0.1) is 0 Å². The van der Waals surface area contributed by atoms with E-state index in [0.717, 1.165) is 24.5 Å². The second kappa shape index (κ2) is 9.27.